The molecule has 0 radical (unpaired) electrons. The fourth-order valence-corrected chi connectivity index (χ4v) is 2.89. The van der Waals surface area contributed by atoms with Crippen LogP contribution < -0.4 is 9.47 Å². The molecule has 0 spiro atoms. The van der Waals surface area contributed by atoms with Crippen LogP contribution in [0.5, 0.6) is 11.5 Å². The third kappa shape index (κ3) is 5.23. The summed E-state index contributed by atoms with van der Waals surface area (Å²) >= 11 is 0. The zero-order chi connectivity index (χ0) is 19.1. The van der Waals surface area contributed by atoms with E-state index >= 15 is 0 Å². The summed E-state index contributed by atoms with van der Waals surface area (Å²) in [4.78, 5) is 0. The van der Waals surface area contributed by atoms with E-state index in [9.17, 15) is 0 Å². The van der Waals surface area contributed by atoms with Crippen molar-refractivity contribution in [3.63, 3.8) is 0 Å². The second kappa shape index (κ2) is 9.08. The van der Waals surface area contributed by atoms with E-state index in [2.05, 4.69) is 18.1 Å². The Hall–Kier alpha value is -3.01. The molecule has 1 heterocycles. The van der Waals surface area contributed by atoms with Crippen molar-refractivity contribution in [2.24, 2.45) is 5.10 Å². The topological polar surface area (TPSA) is 34.1 Å². The van der Waals surface area contributed by atoms with Crippen LogP contribution >= 0.6 is 0 Å². The summed E-state index contributed by atoms with van der Waals surface area (Å²) in [6.07, 6.45) is 15.7. The zero-order valence-electron chi connectivity index (χ0n) is 16.2. The Labute approximate surface area is 161 Å². The average Bonchev–Trinajstić information content (AvgIpc) is 2.93. The summed E-state index contributed by atoms with van der Waals surface area (Å²) in [5, 5.41) is 6.46. The Morgan fingerprint density at radius 3 is 2.63 bits per heavy atom. The second-order valence-electron chi connectivity index (χ2n) is 6.54. The number of ether oxygens (including phenoxy) is 2. The smallest absolute Gasteiger partial charge is 0.127 e. The van der Waals surface area contributed by atoms with Gasteiger partial charge in [0.15, 0.2) is 0 Å². The van der Waals surface area contributed by atoms with Gasteiger partial charge < -0.3 is 9.47 Å². The lowest BCUT2D eigenvalue weighted by Crippen LogP contribution is -2.21. The van der Waals surface area contributed by atoms with Gasteiger partial charge in [0, 0.05) is 30.5 Å². The summed E-state index contributed by atoms with van der Waals surface area (Å²) in [7, 11) is 0. The van der Waals surface area contributed by atoms with Gasteiger partial charge in [0.2, 0.25) is 0 Å². The fourth-order valence-electron chi connectivity index (χ4n) is 2.89. The van der Waals surface area contributed by atoms with Crippen LogP contribution in [0.2, 0.25) is 0 Å². The van der Waals surface area contributed by atoms with Crippen LogP contribution in [0.4, 0.5) is 0 Å². The van der Waals surface area contributed by atoms with Gasteiger partial charge in [0.25, 0.3) is 0 Å². The molecule has 4 nitrogen and oxygen atoms in total. The molecule has 0 N–H and O–H groups in total. The minimum absolute atomic E-state index is 0.549. The Morgan fingerprint density at radius 2 is 1.85 bits per heavy atom. The summed E-state index contributed by atoms with van der Waals surface area (Å²) < 4.78 is 11.9. The van der Waals surface area contributed by atoms with Gasteiger partial charge in [-0.2, -0.15) is 5.10 Å². The first-order valence-corrected chi connectivity index (χ1v) is 9.23. The molecule has 0 amide bonds. The molecule has 1 aromatic rings. The van der Waals surface area contributed by atoms with Gasteiger partial charge in [-0.3, -0.25) is 0 Å². The molecule has 0 saturated carbocycles. The molecule has 2 aliphatic rings. The van der Waals surface area contributed by atoms with E-state index < -0.39 is 0 Å². The van der Waals surface area contributed by atoms with Gasteiger partial charge in [-0.1, -0.05) is 30.4 Å². The number of allylic oxidation sites excluding steroid dienone is 7. The molecule has 27 heavy (non-hydrogen) atoms. The van der Waals surface area contributed by atoms with Crippen molar-refractivity contribution in [1.82, 2.24) is 5.01 Å². The molecule has 0 bridgehead atoms. The van der Waals surface area contributed by atoms with Crippen molar-refractivity contribution in [2.45, 2.75) is 33.6 Å². The molecule has 1 aromatic carbocycles. The highest BCUT2D eigenvalue weighted by Gasteiger charge is 2.16. The Kier molecular flexibility index (Phi) is 6.31. The highest BCUT2D eigenvalue weighted by atomic mass is 16.5. The lowest BCUT2D eigenvalue weighted by molar-refractivity contribution is 0.338. The van der Waals surface area contributed by atoms with Gasteiger partial charge in [-0.25, -0.2) is 5.01 Å². The molecule has 4 heteroatoms. The van der Waals surface area contributed by atoms with Crippen LogP contribution in [0, 0.1) is 0 Å². The van der Waals surface area contributed by atoms with Crippen molar-refractivity contribution in [3.8, 4) is 11.5 Å². The summed E-state index contributed by atoms with van der Waals surface area (Å²) in [5.41, 5.74) is 3.45. The van der Waals surface area contributed by atoms with Gasteiger partial charge in [0.1, 0.15) is 23.9 Å². The van der Waals surface area contributed by atoms with Crippen molar-refractivity contribution in [3.05, 3.63) is 84.0 Å². The maximum absolute atomic E-state index is 6.00. The molecule has 0 saturated heterocycles. The van der Waals surface area contributed by atoms with Crippen LogP contribution in [0.25, 0.3) is 0 Å². The quantitative estimate of drug-likeness (QED) is 0.648. The van der Waals surface area contributed by atoms with E-state index in [4.69, 9.17) is 9.47 Å². The molecule has 0 unspecified atom stereocenters. The van der Waals surface area contributed by atoms with E-state index in [0.717, 1.165) is 41.5 Å². The third-order valence-corrected chi connectivity index (χ3v) is 4.34. The van der Waals surface area contributed by atoms with E-state index in [1.54, 1.807) is 0 Å². The maximum Gasteiger partial charge on any atom is 0.127 e. The number of hydrazone groups is 1. The van der Waals surface area contributed by atoms with Crippen molar-refractivity contribution in [1.29, 1.82) is 0 Å². The Morgan fingerprint density at radius 1 is 1.07 bits per heavy atom. The molecule has 0 aromatic heterocycles. The van der Waals surface area contributed by atoms with E-state index in [1.165, 1.54) is 5.57 Å². The highest BCUT2D eigenvalue weighted by molar-refractivity contribution is 5.85. The zero-order valence-corrected chi connectivity index (χ0v) is 16.2. The van der Waals surface area contributed by atoms with E-state index in [-0.39, 0.29) is 0 Å². The minimum atomic E-state index is 0.549. The molecular weight excluding hydrogens is 336 g/mol. The minimum Gasteiger partial charge on any atom is -0.489 e. The van der Waals surface area contributed by atoms with Crippen molar-refractivity contribution < 1.29 is 9.47 Å². The highest BCUT2D eigenvalue weighted by Crippen LogP contribution is 2.24. The predicted molar refractivity (Wildman–Crippen MR) is 111 cm³/mol. The van der Waals surface area contributed by atoms with Gasteiger partial charge in [0.05, 0.1) is 0 Å². The Balaban J connectivity index is 1.60. The largest absolute Gasteiger partial charge is 0.489 e. The number of hydrogen-bond acceptors (Lipinski definition) is 4. The van der Waals surface area contributed by atoms with Gasteiger partial charge in [-0.05, 0) is 56.7 Å². The van der Waals surface area contributed by atoms with Crippen LogP contribution in [0.15, 0.2) is 89.1 Å². The van der Waals surface area contributed by atoms with E-state index in [0.29, 0.717) is 6.61 Å². The van der Waals surface area contributed by atoms with Crippen LogP contribution in [-0.2, 0) is 0 Å². The van der Waals surface area contributed by atoms with Crippen molar-refractivity contribution >= 4 is 5.71 Å². The molecule has 0 fully saturated rings. The molecule has 140 valence electrons. The Bertz CT molecular complexity index is 840. The monoisotopic (exact) mass is 362 g/mol. The van der Waals surface area contributed by atoms with Gasteiger partial charge in [-0.15, -0.1) is 0 Å². The number of hydrogen-bond donors (Lipinski definition) is 0. The standard InChI is InChI=1S/C23H26N2O2/c1-4-15-25-19(3)20(16-18(2)24-25)17-26-21-11-13-23(14-12-21)27-22-9-7-5-6-8-10-22/h4-9,11-15H,10,16-17H2,1-3H3/b15-4+. The number of rotatable bonds is 6. The first kappa shape index (κ1) is 18.8. The molecule has 1 aliphatic heterocycles. The first-order valence-electron chi connectivity index (χ1n) is 9.23. The fraction of sp³-hybridized carbons (Fsp3) is 0.261. The van der Waals surface area contributed by atoms with Crippen LogP contribution in [-0.4, -0.2) is 17.3 Å². The van der Waals surface area contributed by atoms with Crippen molar-refractivity contribution in [2.75, 3.05) is 6.61 Å². The van der Waals surface area contributed by atoms with E-state index in [1.807, 2.05) is 79.7 Å². The lowest BCUT2D eigenvalue weighted by Gasteiger charge is -2.25. The van der Waals surface area contributed by atoms with Crippen LogP contribution in [0.1, 0.15) is 33.6 Å². The molecule has 0 atom stereocenters. The van der Waals surface area contributed by atoms with Gasteiger partial charge >= 0.3 is 0 Å². The molecule has 1 aliphatic carbocycles. The number of benzene rings is 1. The van der Waals surface area contributed by atoms with Crippen LogP contribution in [0.3, 0.4) is 0 Å². The summed E-state index contributed by atoms with van der Waals surface area (Å²) in [6.45, 7) is 6.66. The SMILES string of the molecule is C/C=C/N1N=C(C)CC(COc2ccc(OC3=CC=CC=CC3)cc2)=C1C. The average molecular weight is 362 g/mol. The summed E-state index contributed by atoms with van der Waals surface area (Å²) in [5.74, 6) is 2.57. The lowest BCUT2D eigenvalue weighted by atomic mass is 10.1. The third-order valence-electron chi connectivity index (χ3n) is 4.34. The molecule has 3 rings (SSSR count). The first-order chi connectivity index (χ1) is 13.2. The normalized spacial score (nSPS) is 17.1. The second-order valence-corrected chi connectivity index (χ2v) is 6.54. The predicted octanol–water partition coefficient (Wildman–Crippen LogP) is 5.73. The summed E-state index contributed by atoms with van der Waals surface area (Å²) in [6, 6.07) is 7.77. The maximum atomic E-state index is 6.00. The molecular formula is C23H26N2O2. The number of nitrogens with zero attached hydrogens (tertiary/aromatic N) is 2.